The van der Waals surface area contributed by atoms with E-state index in [1.165, 1.54) is 47.6 Å². The lowest BCUT2D eigenvalue weighted by Crippen LogP contribution is -2.31. The monoisotopic (exact) mass is 472 g/mol. The van der Waals surface area contributed by atoms with Crippen molar-refractivity contribution in [2.75, 3.05) is 18.4 Å². The summed E-state index contributed by atoms with van der Waals surface area (Å²) >= 11 is 11.8. The van der Waals surface area contributed by atoms with Crippen molar-refractivity contribution in [2.24, 2.45) is 0 Å². The summed E-state index contributed by atoms with van der Waals surface area (Å²) in [6, 6.07) is 9.94. The largest absolute Gasteiger partial charge is 0.449 e. The van der Waals surface area contributed by atoms with Gasteiger partial charge in [-0.15, -0.1) is 0 Å². The molecule has 0 saturated heterocycles. The zero-order valence-corrected chi connectivity index (χ0v) is 19.0. The number of amides is 1. The van der Waals surface area contributed by atoms with Gasteiger partial charge in [0.2, 0.25) is 10.0 Å². The molecule has 0 saturated carbocycles. The number of anilines is 1. The van der Waals surface area contributed by atoms with Gasteiger partial charge in [0, 0.05) is 18.1 Å². The Balaban J connectivity index is 2.05. The van der Waals surface area contributed by atoms with E-state index >= 15 is 0 Å². The average molecular weight is 473 g/mol. The van der Waals surface area contributed by atoms with Gasteiger partial charge in [0.05, 0.1) is 21.2 Å². The minimum Gasteiger partial charge on any atom is -0.449 e. The maximum atomic E-state index is 12.5. The number of rotatable bonds is 8. The van der Waals surface area contributed by atoms with Crippen LogP contribution >= 0.6 is 23.2 Å². The number of carbonyl (C=O) groups is 2. The van der Waals surface area contributed by atoms with Crippen LogP contribution in [0.2, 0.25) is 10.0 Å². The molecule has 0 fully saturated rings. The minimum absolute atomic E-state index is 0.0749. The number of hydrogen-bond donors (Lipinski definition) is 1. The molecule has 1 atom stereocenters. The van der Waals surface area contributed by atoms with Crippen LogP contribution in [0.3, 0.4) is 0 Å². The Kier molecular flexibility index (Phi) is 8.25. The van der Waals surface area contributed by atoms with Crippen molar-refractivity contribution in [3.63, 3.8) is 0 Å². The molecule has 2 rings (SSSR count). The van der Waals surface area contributed by atoms with Crippen molar-refractivity contribution in [1.82, 2.24) is 4.31 Å². The van der Waals surface area contributed by atoms with E-state index in [0.29, 0.717) is 23.8 Å². The molecule has 10 heteroatoms. The zero-order valence-electron chi connectivity index (χ0n) is 16.7. The van der Waals surface area contributed by atoms with Gasteiger partial charge < -0.3 is 10.1 Å². The van der Waals surface area contributed by atoms with Crippen molar-refractivity contribution in [3.8, 4) is 0 Å². The highest BCUT2D eigenvalue weighted by Crippen LogP contribution is 2.25. The van der Waals surface area contributed by atoms with Crippen LogP contribution in [0.25, 0.3) is 0 Å². The number of sulfonamides is 1. The molecule has 7 nitrogen and oxygen atoms in total. The number of benzene rings is 2. The highest BCUT2D eigenvalue weighted by Gasteiger charge is 2.23. The van der Waals surface area contributed by atoms with Crippen molar-refractivity contribution in [2.45, 2.75) is 31.8 Å². The fourth-order valence-corrected chi connectivity index (χ4v) is 4.50. The van der Waals surface area contributed by atoms with Gasteiger partial charge in [-0.05, 0) is 49.4 Å². The van der Waals surface area contributed by atoms with Gasteiger partial charge in [-0.2, -0.15) is 4.31 Å². The Morgan fingerprint density at radius 1 is 1.07 bits per heavy atom. The molecule has 0 radical (unpaired) electrons. The summed E-state index contributed by atoms with van der Waals surface area (Å²) in [5, 5.41) is 3.23. The van der Waals surface area contributed by atoms with E-state index in [-0.39, 0.29) is 15.5 Å². The lowest BCUT2D eigenvalue weighted by molar-refractivity contribution is -0.123. The highest BCUT2D eigenvalue weighted by molar-refractivity contribution is 7.89. The molecule has 0 aliphatic rings. The molecular formula is C20H22Cl2N2O5S. The van der Waals surface area contributed by atoms with Gasteiger partial charge >= 0.3 is 5.97 Å². The number of ether oxygens (including phenoxy) is 1. The van der Waals surface area contributed by atoms with E-state index in [4.69, 9.17) is 27.9 Å². The molecule has 1 N–H and O–H groups in total. The summed E-state index contributed by atoms with van der Waals surface area (Å²) in [7, 11) is -3.63. The van der Waals surface area contributed by atoms with Gasteiger partial charge in [-0.1, -0.05) is 37.0 Å². The second-order valence-corrected chi connectivity index (χ2v) is 9.06. The lowest BCUT2D eigenvalue weighted by atomic mass is 10.2. The Morgan fingerprint density at radius 2 is 1.67 bits per heavy atom. The maximum absolute atomic E-state index is 12.5. The van der Waals surface area contributed by atoms with Crippen LogP contribution < -0.4 is 5.32 Å². The predicted molar refractivity (Wildman–Crippen MR) is 117 cm³/mol. The van der Waals surface area contributed by atoms with E-state index < -0.39 is 28.0 Å². The van der Waals surface area contributed by atoms with Crippen LogP contribution in [0.15, 0.2) is 47.4 Å². The minimum atomic E-state index is -3.63. The molecule has 30 heavy (non-hydrogen) atoms. The Morgan fingerprint density at radius 3 is 2.20 bits per heavy atom. The first-order valence-electron chi connectivity index (χ1n) is 9.17. The fraction of sp³-hybridized carbons (Fsp3) is 0.300. The Hall–Kier alpha value is -2.13. The van der Waals surface area contributed by atoms with Gasteiger partial charge in [-0.25, -0.2) is 13.2 Å². The third-order valence-electron chi connectivity index (χ3n) is 4.28. The molecule has 0 aromatic heterocycles. The van der Waals surface area contributed by atoms with Crippen molar-refractivity contribution in [3.05, 3.63) is 58.1 Å². The Labute approximate surface area is 186 Å². The summed E-state index contributed by atoms with van der Waals surface area (Å²) in [6.07, 6.45) is -1.11. The smallest absolute Gasteiger partial charge is 0.338 e. The summed E-state index contributed by atoms with van der Waals surface area (Å²) in [4.78, 5) is 24.7. The number of hydrogen-bond acceptors (Lipinski definition) is 5. The number of nitrogens with one attached hydrogen (secondary N) is 1. The van der Waals surface area contributed by atoms with Crippen LogP contribution in [0.1, 0.15) is 31.1 Å². The first kappa shape index (κ1) is 24.1. The average Bonchev–Trinajstić information content (AvgIpc) is 2.70. The van der Waals surface area contributed by atoms with Gasteiger partial charge in [0.25, 0.3) is 5.91 Å². The molecule has 1 amide bonds. The lowest BCUT2D eigenvalue weighted by Gasteiger charge is -2.18. The second-order valence-electron chi connectivity index (χ2n) is 6.27. The molecule has 2 aromatic carbocycles. The first-order valence-corrected chi connectivity index (χ1v) is 11.4. The predicted octanol–water partition coefficient (Wildman–Crippen LogP) is 4.21. The molecule has 0 spiro atoms. The third-order valence-corrected chi connectivity index (χ3v) is 6.89. The van der Waals surface area contributed by atoms with E-state index in [1.807, 2.05) is 0 Å². The highest BCUT2D eigenvalue weighted by atomic mass is 35.5. The number of esters is 1. The molecule has 162 valence electrons. The normalized spacial score (nSPS) is 12.5. The van der Waals surface area contributed by atoms with Crippen molar-refractivity contribution < 1.29 is 22.7 Å². The molecule has 0 aliphatic carbocycles. The van der Waals surface area contributed by atoms with E-state index in [1.54, 1.807) is 19.9 Å². The fourth-order valence-electron chi connectivity index (χ4n) is 2.58. The van der Waals surface area contributed by atoms with E-state index in [2.05, 4.69) is 5.32 Å². The zero-order chi connectivity index (χ0) is 22.5. The number of nitrogens with zero attached hydrogens (tertiary/aromatic N) is 1. The van der Waals surface area contributed by atoms with Crippen LogP contribution in [0, 0.1) is 0 Å². The van der Waals surface area contributed by atoms with Crippen LogP contribution in [0.4, 0.5) is 5.69 Å². The molecule has 0 bridgehead atoms. The Bertz CT molecular complexity index is 1020. The number of halogens is 2. The third kappa shape index (κ3) is 5.72. The molecule has 0 unspecified atom stereocenters. The van der Waals surface area contributed by atoms with E-state index in [9.17, 15) is 18.0 Å². The molecule has 0 heterocycles. The quantitative estimate of drug-likeness (QED) is 0.580. The van der Waals surface area contributed by atoms with Crippen LogP contribution in [-0.2, 0) is 19.6 Å². The summed E-state index contributed by atoms with van der Waals surface area (Å²) in [5.74, 6) is -1.33. The molecular weight excluding hydrogens is 451 g/mol. The van der Waals surface area contributed by atoms with Crippen molar-refractivity contribution in [1.29, 1.82) is 0 Å². The van der Waals surface area contributed by atoms with E-state index in [0.717, 1.165) is 0 Å². The van der Waals surface area contributed by atoms with Gasteiger partial charge in [0.15, 0.2) is 6.10 Å². The van der Waals surface area contributed by atoms with Gasteiger partial charge in [-0.3, -0.25) is 4.79 Å². The van der Waals surface area contributed by atoms with Gasteiger partial charge in [0.1, 0.15) is 0 Å². The maximum Gasteiger partial charge on any atom is 0.338 e. The molecule has 0 aliphatic heterocycles. The summed E-state index contributed by atoms with van der Waals surface area (Å²) in [5.41, 5.74) is 0.456. The van der Waals surface area contributed by atoms with Crippen molar-refractivity contribution >= 4 is 50.8 Å². The second kappa shape index (κ2) is 10.3. The van der Waals surface area contributed by atoms with Crippen LogP contribution in [-0.4, -0.2) is 43.8 Å². The molecule has 2 aromatic rings. The SMILES string of the molecule is CCN(CC)S(=O)(=O)c1ccc(C(=O)O[C@@H](C)C(=O)Nc2ccc(Cl)cc2Cl)cc1. The summed E-state index contributed by atoms with van der Waals surface area (Å²) in [6.45, 7) is 5.59. The standard InChI is InChI=1S/C20H22Cl2N2O5S/c1-4-24(5-2)30(27,28)16-9-6-14(7-10-16)20(26)29-13(3)19(25)23-18-11-8-15(21)12-17(18)22/h6-13H,4-5H2,1-3H3,(H,23,25)/t13-/m0/s1. The summed E-state index contributed by atoms with van der Waals surface area (Å²) < 4.78 is 31.5. The van der Waals surface area contributed by atoms with Crippen LogP contribution in [0.5, 0.6) is 0 Å². The number of carbonyl (C=O) groups excluding carboxylic acids is 2. The first-order chi connectivity index (χ1) is 14.1. The topological polar surface area (TPSA) is 92.8 Å².